The van der Waals surface area contributed by atoms with Crippen LogP contribution in [0.2, 0.25) is 0 Å². The van der Waals surface area contributed by atoms with E-state index in [1.54, 1.807) is 18.5 Å². The number of hydrogen-bond acceptors (Lipinski definition) is 5. The Labute approximate surface area is 160 Å². The molecule has 1 fully saturated rings. The van der Waals surface area contributed by atoms with Crippen LogP contribution in [0.4, 0.5) is 8.78 Å². The summed E-state index contributed by atoms with van der Waals surface area (Å²) in [7, 11) is 0. The zero-order chi connectivity index (χ0) is 19.5. The number of amides is 1. The van der Waals surface area contributed by atoms with Crippen molar-refractivity contribution in [1.29, 1.82) is 0 Å². The molecule has 1 aromatic carbocycles. The largest absolute Gasteiger partial charge is 0.338 e. The Bertz CT molecular complexity index is 957. The molecule has 0 radical (unpaired) electrons. The van der Waals surface area contributed by atoms with Crippen LogP contribution in [0.15, 0.2) is 42.7 Å². The summed E-state index contributed by atoms with van der Waals surface area (Å²) in [6, 6.07) is 7.07. The van der Waals surface area contributed by atoms with Gasteiger partial charge in [-0.2, -0.15) is 4.80 Å². The van der Waals surface area contributed by atoms with Crippen molar-refractivity contribution in [3.8, 4) is 11.4 Å². The van der Waals surface area contributed by atoms with Crippen LogP contribution in [0.5, 0.6) is 0 Å². The van der Waals surface area contributed by atoms with Gasteiger partial charge in [-0.15, -0.1) is 10.2 Å². The highest BCUT2D eigenvalue weighted by molar-refractivity contribution is 5.94. The van der Waals surface area contributed by atoms with Gasteiger partial charge in [-0.3, -0.25) is 9.78 Å². The number of likely N-dealkylation sites (tertiary alicyclic amines) is 1. The fourth-order valence-corrected chi connectivity index (χ4v) is 3.42. The molecule has 0 saturated carbocycles. The van der Waals surface area contributed by atoms with Crippen molar-refractivity contribution in [2.75, 3.05) is 13.1 Å². The summed E-state index contributed by atoms with van der Waals surface area (Å²) in [6.45, 7) is 1.32. The second kappa shape index (κ2) is 7.79. The topological polar surface area (TPSA) is 76.8 Å². The van der Waals surface area contributed by atoms with Crippen molar-refractivity contribution < 1.29 is 13.6 Å². The summed E-state index contributed by atoms with van der Waals surface area (Å²) < 4.78 is 27.9. The average molecular weight is 384 g/mol. The van der Waals surface area contributed by atoms with Gasteiger partial charge in [-0.25, -0.2) is 8.78 Å². The van der Waals surface area contributed by atoms with Crippen LogP contribution >= 0.6 is 0 Å². The number of carbonyl (C=O) groups is 1. The molecular weight excluding hydrogens is 366 g/mol. The van der Waals surface area contributed by atoms with Gasteiger partial charge < -0.3 is 4.90 Å². The van der Waals surface area contributed by atoms with Crippen LogP contribution in [0, 0.1) is 17.6 Å². The summed E-state index contributed by atoms with van der Waals surface area (Å²) >= 11 is 0. The first-order valence-electron chi connectivity index (χ1n) is 9.03. The highest BCUT2D eigenvalue weighted by atomic mass is 19.1. The summed E-state index contributed by atoms with van der Waals surface area (Å²) in [5.41, 5.74) is 0.269. The van der Waals surface area contributed by atoms with Gasteiger partial charge in [0.05, 0.1) is 6.54 Å². The molecule has 0 spiro atoms. The quantitative estimate of drug-likeness (QED) is 0.691. The molecule has 144 valence electrons. The van der Waals surface area contributed by atoms with E-state index in [1.807, 2.05) is 6.07 Å². The fourth-order valence-electron chi connectivity index (χ4n) is 3.42. The molecule has 28 heavy (non-hydrogen) atoms. The zero-order valence-electron chi connectivity index (χ0n) is 15.0. The lowest BCUT2D eigenvalue weighted by Gasteiger charge is -2.32. The normalized spacial score (nSPS) is 16.9. The molecule has 0 unspecified atom stereocenters. The molecule has 1 aliphatic rings. The predicted molar refractivity (Wildman–Crippen MR) is 96.0 cm³/mol. The van der Waals surface area contributed by atoms with E-state index < -0.39 is 23.1 Å². The van der Waals surface area contributed by atoms with Crippen LogP contribution in [-0.4, -0.2) is 49.1 Å². The van der Waals surface area contributed by atoms with E-state index in [2.05, 4.69) is 20.4 Å². The van der Waals surface area contributed by atoms with Crippen molar-refractivity contribution in [2.45, 2.75) is 19.4 Å². The molecule has 1 atom stereocenters. The molecule has 3 heterocycles. The number of carbonyl (C=O) groups excluding carboxylic acids is 1. The van der Waals surface area contributed by atoms with Crippen LogP contribution in [-0.2, 0) is 6.54 Å². The Morgan fingerprint density at radius 2 is 2.00 bits per heavy atom. The highest BCUT2D eigenvalue weighted by Gasteiger charge is 2.28. The van der Waals surface area contributed by atoms with Gasteiger partial charge in [0.2, 0.25) is 5.82 Å². The Morgan fingerprint density at radius 1 is 1.18 bits per heavy atom. The summed E-state index contributed by atoms with van der Waals surface area (Å²) in [5, 5.41) is 12.5. The lowest BCUT2D eigenvalue weighted by Crippen LogP contribution is -2.42. The Morgan fingerprint density at radius 3 is 2.75 bits per heavy atom. The lowest BCUT2D eigenvalue weighted by molar-refractivity contribution is 0.0646. The van der Waals surface area contributed by atoms with Gasteiger partial charge in [0.25, 0.3) is 5.91 Å². The third kappa shape index (κ3) is 3.73. The first-order valence-corrected chi connectivity index (χ1v) is 9.03. The molecule has 2 aromatic heterocycles. The zero-order valence-corrected chi connectivity index (χ0v) is 15.0. The molecule has 1 amide bonds. The maximum Gasteiger partial charge on any atom is 0.259 e. The molecule has 3 aromatic rings. The van der Waals surface area contributed by atoms with Gasteiger partial charge in [0, 0.05) is 31.0 Å². The minimum absolute atomic E-state index is 0.0727. The molecule has 9 heteroatoms. The SMILES string of the molecule is O=C(c1c(F)cccc1F)N1CCC[C@H](Cn2nnc(-c3cccnc3)n2)C1. The predicted octanol–water partition coefficient (Wildman–Crippen LogP) is 2.57. The van der Waals surface area contributed by atoms with Crippen molar-refractivity contribution >= 4 is 5.91 Å². The number of nitrogens with zero attached hydrogens (tertiary/aromatic N) is 6. The lowest BCUT2D eigenvalue weighted by atomic mass is 9.97. The second-order valence-electron chi connectivity index (χ2n) is 6.77. The van der Waals surface area contributed by atoms with E-state index in [9.17, 15) is 13.6 Å². The van der Waals surface area contributed by atoms with Gasteiger partial charge in [-0.1, -0.05) is 6.07 Å². The molecule has 4 rings (SSSR count). The number of hydrogen-bond donors (Lipinski definition) is 0. The Kier molecular flexibility index (Phi) is 5.05. The molecule has 7 nitrogen and oxygen atoms in total. The van der Waals surface area contributed by atoms with Gasteiger partial charge in [-0.05, 0) is 48.2 Å². The third-order valence-corrected chi connectivity index (χ3v) is 4.78. The second-order valence-corrected chi connectivity index (χ2v) is 6.77. The highest BCUT2D eigenvalue weighted by Crippen LogP contribution is 2.22. The number of aromatic nitrogens is 5. The van der Waals surface area contributed by atoms with E-state index in [-0.39, 0.29) is 5.92 Å². The fraction of sp³-hybridized carbons (Fsp3) is 0.316. The number of pyridine rings is 1. The summed E-state index contributed by atoms with van der Waals surface area (Å²) in [4.78, 5) is 19.6. The third-order valence-electron chi connectivity index (χ3n) is 4.78. The van der Waals surface area contributed by atoms with Crippen molar-refractivity contribution in [3.05, 3.63) is 59.9 Å². The summed E-state index contributed by atoms with van der Waals surface area (Å²) in [6.07, 6.45) is 4.94. The van der Waals surface area contributed by atoms with Crippen molar-refractivity contribution in [2.24, 2.45) is 5.92 Å². The van der Waals surface area contributed by atoms with Gasteiger partial charge >= 0.3 is 0 Å². The van der Waals surface area contributed by atoms with Gasteiger partial charge in [0.15, 0.2) is 0 Å². The van der Waals surface area contributed by atoms with Crippen molar-refractivity contribution in [3.63, 3.8) is 0 Å². The number of rotatable bonds is 4. The van der Waals surface area contributed by atoms with E-state index >= 15 is 0 Å². The first-order chi connectivity index (χ1) is 13.6. The van der Waals surface area contributed by atoms with E-state index in [1.165, 1.54) is 15.8 Å². The molecule has 1 aliphatic heterocycles. The Balaban J connectivity index is 1.45. The molecule has 0 N–H and O–H groups in total. The molecular formula is C19H18F2N6O. The van der Waals surface area contributed by atoms with E-state index in [4.69, 9.17) is 0 Å². The van der Waals surface area contributed by atoms with Crippen LogP contribution in [0.25, 0.3) is 11.4 Å². The summed E-state index contributed by atoms with van der Waals surface area (Å²) in [5.74, 6) is -1.76. The molecule has 0 bridgehead atoms. The smallest absolute Gasteiger partial charge is 0.259 e. The minimum atomic E-state index is -0.842. The molecule has 0 aliphatic carbocycles. The monoisotopic (exact) mass is 384 g/mol. The number of piperidine rings is 1. The maximum atomic E-state index is 13.9. The number of benzene rings is 1. The Hall–Kier alpha value is -3.23. The minimum Gasteiger partial charge on any atom is -0.338 e. The standard InChI is InChI=1S/C19H18F2N6O/c20-15-6-1-7-16(21)17(15)19(28)26-9-3-4-13(11-26)12-27-24-18(23-25-27)14-5-2-8-22-10-14/h1-2,5-8,10,13H,3-4,9,11-12H2/t13-/m0/s1. The van der Waals surface area contributed by atoms with Gasteiger partial charge in [0.1, 0.15) is 17.2 Å². The van der Waals surface area contributed by atoms with Crippen molar-refractivity contribution in [1.82, 2.24) is 30.1 Å². The number of tetrazole rings is 1. The van der Waals surface area contributed by atoms with Crippen LogP contribution < -0.4 is 0 Å². The van der Waals surface area contributed by atoms with Crippen LogP contribution in [0.3, 0.4) is 0 Å². The average Bonchev–Trinajstić information content (AvgIpc) is 3.17. The maximum absolute atomic E-state index is 13.9. The first kappa shape index (κ1) is 18.1. The number of halogens is 2. The van der Waals surface area contributed by atoms with Crippen LogP contribution in [0.1, 0.15) is 23.2 Å². The van der Waals surface area contributed by atoms with E-state index in [0.717, 1.165) is 30.5 Å². The molecule has 1 saturated heterocycles. The van der Waals surface area contributed by atoms with E-state index in [0.29, 0.717) is 25.5 Å².